The van der Waals surface area contributed by atoms with Gasteiger partial charge >= 0.3 is 6.16 Å². The van der Waals surface area contributed by atoms with Gasteiger partial charge in [0.15, 0.2) is 23.8 Å². The van der Waals surface area contributed by atoms with Gasteiger partial charge < -0.3 is 35.5 Å². The van der Waals surface area contributed by atoms with Crippen LogP contribution in [0.25, 0.3) is 11.2 Å². The minimum absolute atomic E-state index is 0.119. The lowest BCUT2D eigenvalue weighted by atomic mass is 9.81. The fourth-order valence-corrected chi connectivity index (χ4v) is 4.90. The Hall–Kier alpha value is -3.47. The van der Waals surface area contributed by atoms with Crippen LogP contribution < -0.4 is 11.1 Å². The SMILES string of the molecule is CCNC(=O)[C@H]1O[C@@H](n2cnc3c(N)nc(C#CC[C@H]4CC[C@H](COC(=O)OCC(C)C)CC4)nc32)[C@@H](O)C1O. The van der Waals surface area contributed by atoms with Crippen LogP contribution in [0.1, 0.15) is 64.9 Å². The Balaban J connectivity index is 1.35. The third-order valence-electron chi connectivity index (χ3n) is 7.10. The number of hydrogen-bond acceptors (Lipinski definition) is 11. The van der Waals surface area contributed by atoms with Gasteiger partial charge in [-0.05, 0) is 56.3 Å². The molecule has 4 atom stereocenters. The molecule has 13 heteroatoms. The summed E-state index contributed by atoms with van der Waals surface area (Å²) < 4.78 is 17.4. The lowest BCUT2D eigenvalue weighted by Gasteiger charge is -2.26. The van der Waals surface area contributed by atoms with Crippen molar-refractivity contribution in [3.05, 3.63) is 12.2 Å². The fraction of sp³-hybridized carbons (Fsp3) is 0.667. The minimum Gasteiger partial charge on any atom is -0.434 e. The molecule has 0 bridgehead atoms. The van der Waals surface area contributed by atoms with Crippen molar-refractivity contribution in [2.75, 3.05) is 25.5 Å². The predicted octanol–water partition coefficient (Wildman–Crippen LogP) is 1.52. The Labute approximate surface area is 232 Å². The molecule has 218 valence electrons. The second kappa shape index (κ2) is 13.3. The number of imidazole rings is 1. The van der Waals surface area contributed by atoms with Crippen molar-refractivity contribution in [3.8, 4) is 11.8 Å². The van der Waals surface area contributed by atoms with E-state index in [0.29, 0.717) is 43.5 Å². The van der Waals surface area contributed by atoms with E-state index in [2.05, 4.69) is 32.1 Å². The highest BCUT2D eigenvalue weighted by Gasteiger charge is 2.47. The van der Waals surface area contributed by atoms with Crippen molar-refractivity contribution >= 4 is 29.0 Å². The van der Waals surface area contributed by atoms with E-state index in [4.69, 9.17) is 19.9 Å². The van der Waals surface area contributed by atoms with Crippen LogP contribution >= 0.6 is 0 Å². The maximum atomic E-state index is 12.2. The Bertz CT molecular complexity index is 1250. The molecular formula is C27H38N6O7. The monoisotopic (exact) mass is 558 g/mol. The summed E-state index contributed by atoms with van der Waals surface area (Å²) in [5, 5.41) is 23.5. The van der Waals surface area contributed by atoms with E-state index < -0.39 is 36.6 Å². The van der Waals surface area contributed by atoms with Gasteiger partial charge in [-0.1, -0.05) is 19.8 Å². The van der Waals surface area contributed by atoms with Gasteiger partial charge in [-0.25, -0.2) is 19.7 Å². The molecule has 2 fully saturated rings. The third kappa shape index (κ3) is 6.99. The maximum absolute atomic E-state index is 12.2. The van der Waals surface area contributed by atoms with Gasteiger partial charge in [0, 0.05) is 13.0 Å². The highest BCUT2D eigenvalue weighted by molar-refractivity contribution is 5.83. The molecule has 1 aliphatic carbocycles. The lowest BCUT2D eigenvalue weighted by molar-refractivity contribution is -0.137. The molecule has 1 aliphatic heterocycles. The molecule has 0 radical (unpaired) electrons. The molecule has 3 heterocycles. The normalized spacial score (nSPS) is 26.4. The Morgan fingerprint density at radius 2 is 1.90 bits per heavy atom. The quantitative estimate of drug-likeness (QED) is 0.272. The van der Waals surface area contributed by atoms with Crippen LogP contribution in [0.4, 0.5) is 10.6 Å². The zero-order chi connectivity index (χ0) is 28.8. The first kappa shape index (κ1) is 29.5. The number of hydrogen-bond donors (Lipinski definition) is 4. The number of carbonyl (C=O) groups is 2. The number of nitrogens with zero attached hydrogens (tertiary/aromatic N) is 4. The number of fused-ring (bicyclic) bond motifs is 1. The van der Waals surface area contributed by atoms with Gasteiger partial charge in [-0.2, -0.15) is 0 Å². The Morgan fingerprint density at radius 3 is 2.60 bits per heavy atom. The minimum atomic E-state index is -1.42. The smallest absolute Gasteiger partial charge is 0.434 e. The van der Waals surface area contributed by atoms with E-state index >= 15 is 0 Å². The Morgan fingerprint density at radius 1 is 1.18 bits per heavy atom. The molecule has 1 saturated heterocycles. The number of aromatic nitrogens is 4. The summed E-state index contributed by atoms with van der Waals surface area (Å²) in [6, 6.07) is 0. The number of amides is 1. The molecule has 2 aliphatic rings. The molecule has 5 N–H and O–H groups in total. The first-order valence-corrected chi connectivity index (χ1v) is 13.8. The van der Waals surface area contributed by atoms with Crippen molar-refractivity contribution in [1.82, 2.24) is 24.8 Å². The van der Waals surface area contributed by atoms with Crippen LogP contribution in [0, 0.1) is 29.6 Å². The number of nitrogens with two attached hydrogens (primary N) is 1. The van der Waals surface area contributed by atoms with Gasteiger partial charge in [-0.15, -0.1) is 0 Å². The van der Waals surface area contributed by atoms with Crippen molar-refractivity contribution in [2.45, 2.75) is 77.4 Å². The molecule has 4 rings (SSSR count). The van der Waals surface area contributed by atoms with E-state index in [0.717, 1.165) is 25.7 Å². The van der Waals surface area contributed by atoms with Crippen molar-refractivity contribution in [2.24, 2.45) is 17.8 Å². The van der Waals surface area contributed by atoms with Gasteiger partial charge in [0.05, 0.1) is 19.5 Å². The summed E-state index contributed by atoms with van der Waals surface area (Å²) in [5.74, 6) is 6.92. The predicted molar refractivity (Wildman–Crippen MR) is 143 cm³/mol. The average Bonchev–Trinajstić information content (AvgIpc) is 3.48. The summed E-state index contributed by atoms with van der Waals surface area (Å²) in [7, 11) is 0. The number of rotatable bonds is 8. The molecule has 13 nitrogen and oxygen atoms in total. The van der Waals surface area contributed by atoms with Gasteiger partial charge in [0.1, 0.15) is 17.7 Å². The molecule has 2 aromatic rings. The first-order valence-electron chi connectivity index (χ1n) is 13.8. The van der Waals surface area contributed by atoms with E-state index in [-0.39, 0.29) is 23.2 Å². The summed E-state index contributed by atoms with van der Waals surface area (Å²) in [6.45, 7) is 6.77. The van der Waals surface area contributed by atoms with Crippen LogP contribution in [-0.4, -0.2) is 79.9 Å². The van der Waals surface area contributed by atoms with Crippen molar-refractivity contribution in [1.29, 1.82) is 0 Å². The standard InChI is InChI=1S/C27H38N6O7/c1-4-29-25(36)22-20(34)21(35)26(40-22)33-14-30-19-23(28)31-18(32-24(19)33)7-5-6-16-8-10-17(11-9-16)13-39-27(37)38-12-15(2)3/h14-17,20-22,26,34-35H,4,6,8-13H2,1-3H3,(H,29,36)(H2,28,31,32)/t16-,17-,20?,21-,22-,26+/m0/s1. The summed E-state index contributed by atoms with van der Waals surface area (Å²) in [4.78, 5) is 36.9. The number of likely N-dealkylation sites (N-methyl/N-ethyl adjacent to an activating group) is 1. The molecule has 1 amide bonds. The third-order valence-corrected chi connectivity index (χ3v) is 7.10. The largest absolute Gasteiger partial charge is 0.508 e. The second-order valence-corrected chi connectivity index (χ2v) is 10.7. The maximum Gasteiger partial charge on any atom is 0.508 e. The summed E-state index contributed by atoms with van der Waals surface area (Å²) in [5.41, 5.74) is 6.68. The second-order valence-electron chi connectivity index (χ2n) is 10.7. The number of aliphatic hydroxyl groups excluding tert-OH is 2. The van der Waals surface area contributed by atoms with Gasteiger partial charge in [-0.3, -0.25) is 9.36 Å². The van der Waals surface area contributed by atoms with E-state index in [1.807, 2.05) is 13.8 Å². The van der Waals surface area contributed by atoms with Crippen LogP contribution in [0.2, 0.25) is 0 Å². The highest BCUT2D eigenvalue weighted by Crippen LogP contribution is 2.33. The van der Waals surface area contributed by atoms with Crippen LogP contribution in [-0.2, 0) is 19.0 Å². The number of aliphatic hydroxyl groups is 2. The van der Waals surface area contributed by atoms with Crippen LogP contribution in [0.3, 0.4) is 0 Å². The zero-order valence-electron chi connectivity index (χ0n) is 23.1. The molecule has 1 saturated carbocycles. The Kier molecular flexibility index (Phi) is 9.78. The van der Waals surface area contributed by atoms with E-state index in [1.165, 1.54) is 10.9 Å². The van der Waals surface area contributed by atoms with Crippen molar-refractivity contribution < 1.29 is 34.0 Å². The molecule has 1 unspecified atom stereocenters. The van der Waals surface area contributed by atoms with Gasteiger partial charge in [0.2, 0.25) is 5.82 Å². The molecular weight excluding hydrogens is 520 g/mol. The topological polar surface area (TPSA) is 184 Å². The first-order chi connectivity index (χ1) is 19.2. The molecule has 0 aromatic carbocycles. The summed E-state index contributed by atoms with van der Waals surface area (Å²) >= 11 is 0. The molecule has 40 heavy (non-hydrogen) atoms. The number of nitrogen functional groups attached to an aromatic ring is 1. The number of nitrogens with one attached hydrogen (secondary N) is 1. The number of carbonyl (C=O) groups excluding carboxylic acids is 2. The number of anilines is 1. The zero-order valence-corrected chi connectivity index (χ0v) is 23.1. The highest BCUT2D eigenvalue weighted by atomic mass is 16.7. The van der Waals surface area contributed by atoms with Crippen LogP contribution in [0.15, 0.2) is 6.33 Å². The lowest BCUT2D eigenvalue weighted by Crippen LogP contribution is -2.42. The summed E-state index contributed by atoms with van der Waals surface area (Å²) in [6.07, 6.45) is 0.136. The van der Waals surface area contributed by atoms with Gasteiger partial charge in [0.25, 0.3) is 5.91 Å². The van der Waals surface area contributed by atoms with Crippen LogP contribution in [0.5, 0.6) is 0 Å². The molecule has 0 spiro atoms. The molecule has 2 aromatic heterocycles. The average molecular weight is 559 g/mol. The van der Waals surface area contributed by atoms with Crippen molar-refractivity contribution in [3.63, 3.8) is 0 Å². The fourth-order valence-electron chi connectivity index (χ4n) is 4.90. The van der Waals surface area contributed by atoms with E-state index in [9.17, 15) is 19.8 Å². The van der Waals surface area contributed by atoms with E-state index in [1.54, 1.807) is 6.92 Å². The number of ether oxygens (including phenoxy) is 3.